The lowest BCUT2D eigenvalue weighted by atomic mass is 10.1. The first-order chi connectivity index (χ1) is 8.36. The van der Waals surface area contributed by atoms with E-state index >= 15 is 0 Å². The number of rotatable bonds is 4. The van der Waals surface area contributed by atoms with Crippen LogP contribution in [0.2, 0.25) is 0 Å². The van der Waals surface area contributed by atoms with Crippen molar-refractivity contribution in [3.63, 3.8) is 0 Å². The van der Waals surface area contributed by atoms with Gasteiger partial charge in [0.2, 0.25) is 0 Å². The number of thiocarbonyl (C=S) groups is 1. The fraction of sp³-hybridized carbons (Fsp3) is 0.143. The highest BCUT2D eigenvalue weighted by Crippen LogP contribution is 2.00. The number of pyridine rings is 1. The zero-order chi connectivity index (χ0) is 11.9. The lowest BCUT2D eigenvalue weighted by Gasteiger charge is -2.07. The Morgan fingerprint density at radius 1 is 1.12 bits per heavy atom. The summed E-state index contributed by atoms with van der Waals surface area (Å²) in [6, 6.07) is 14.2. The molecule has 0 atom stereocenters. The summed E-state index contributed by atoms with van der Waals surface area (Å²) in [5, 5.41) is 3.24. The molecule has 0 aliphatic carbocycles. The maximum Gasteiger partial charge on any atom is 0.108 e. The van der Waals surface area contributed by atoms with E-state index in [1.165, 1.54) is 5.56 Å². The van der Waals surface area contributed by atoms with Crippen molar-refractivity contribution in [2.45, 2.75) is 6.42 Å². The van der Waals surface area contributed by atoms with Crippen molar-refractivity contribution in [3.05, 3.63) is 66.0 Å². The van der Waals surface area contributed by atoms with Crippen LogP contribution in [-0.4, -0.2) is 16.5 Å². The molecule has 0 bridgehead atoms. The van der Waals surface area contributed by atoms with Crippen molar-refractivity contribution < 1.29 is 0 Å². The summed E-state index contributed by atoms with van der Waals surface area (Å²) in [5.74, 6) is 0. The monoisotopic (exact) mass is 242 g/mol. The number of nitrogens with zero attached hydrogens (tertiary/aromatic N) is 1. The molecule has 1 N–H and O–H groups in total. The van der Waals surface area contributed by atoms with Gasteiger partial charge in [-0.2, -0.15) is 0 Å². The third-order valence-electron chi connectivity index (χ3n) is 2.47. The minimum absolute atomic E-state index is 0.758. The van der Waals surface area contributed by atoms with Crippen molar-refractivity contribution in [2.75, 3.05) is 6.54 Å². The first-order valence-corrected chi connectivity index (χ1v) is 5.99. The largest absolute Gasteiger partial charge is 0.375 e. The van der Waals surface area contributed by atoms with E-state index in [-0.39, 0.29) is 0 Å². The molecule has 0 spiro atoms. The van der Waals surface area contributed by atoms with Crippen LogP contribution in [0.15, 0.2) is 54.9 Å². The first kappa shape index (κ1) is 11.7. The Morgan fingerprint density at radius 2 is 1.94 bits per heavy atom. The van der Waals surface area contributed by atoms with E-state index in [2.05, 4.69) is 34.6 Å². The molecule has 0 aliphatic heterocycles. The quantitative estimate of drug-likeness (QED) is 0.834. The zero-order valence-corrected chi connectivity index (χ0v) is 10.3. The Bertz CT molecular complexity index is 468. The summed E-state index contributed by atoms with van der Waals surface area (Å²) in [6.07, 6.45) is 4.50. The molecule has 1 heterocycles. The Hall–Kier alpha value is -1.74. The van der Waals surface area contributed by atoms with E-state index in [0.29, 0.717) is 0 Å². The smallest absolute Gasteiger partial charge is 0.108 e. The standard InChI is InChI=1S/C14H14N2S/c17-14(13-7-4-9-15-11-13)16-10-8-12-5-2-1-3-6-12/h1-7,9,11H,8,10H2,(H,16,17). The fourth-order valence-electron chi connectivity index (χ4n) is 1.56. The maximum atomic E-state index is 5.28. The lowest BCUT2D eigenvalue weighted by molar-refractivity contribution is 0.875. The molecule has 2 nitrogen and oxygen atoms in total. The Labute approximate surface area is 107 Å². The van der Waals surface area contributed by atoms with Crippen LogP contribution in [0.4, 0.5) is 0 Å². The second kappa shape index (κ2) is 6.11. The van der Waals surface area contributed by atoms with Crippen LogP contribution in [0.1, 0.15) is 11.1 Å². The van der Waals surface area contributed by atoms with Crippen LogP contribution in [0.25, 0.3) is 0 Å². The normalized spacial score (nSPS) is 9.88. The van der Waals surface area contributed by atoms with Gasteiger partial charge in [-0.25, -0.2) is 0 Å². The summed E-state index contributed by atoms with van der Waals surface area (Å²) in [4.78, 5) is 4.80. The molecule has 0 saturated carbocycles. The second-order valence-electron chi connectivity index (χ2n) is 3.73. The van der Waals surface area contributed by atoms with Gasteiger partial charge in [0.25, 0.3) is 0 Å². The molecule has 0 saturated heterocycles. The molecule has 3 heteroatoms. The van der Waals surface area contributed by atoms with Gasteiger partial charge in [0, 0.05) is 24.5 Å². The molecule has 0 fully saturated rings. The molecule has 0 radical (unpaired) electrons. The molecule has 2 rings (SSSR count). The first-order valence-electron chi connectivity index (χ1n) is 5.58. The van der Waals surface area contributed by atoms with E-state index in [1.54, 1.807) is 12.4 Å². The van der Waals surface area contributed by atoms with Gasteiger partial charge in [-0.05, 0) is 24.1 Å². The molecular formula is C14H14N2S. The van der Waals surface area contributed by atoms with Gasteiger partial charge in [0.05, 0.1) is 0 Å². The Balaban J connectivity index is 1.82. The van der Waals surface area contributed by atoms with Gasteiger partial charge >= 0.3 is 0 Å². The van der Waals surface area contributed by atoms with Crippen LogP contribution >= 0.6 is 12.2 Å². The Morgan fingerprint density at radius 3 is 2.65 bits per heavy atom. The predicted molar refractivity (Wildman–Crippen MR) is 74.1 cm³/mol. The summed E-state index contributed by atoms with van der Waals surface area (Å²) in [5.41, 5.74) is 2.28. The maximum absolute atomic E-state index is 5.28. The second-order valence-corrected chi connectivity index (χ2v) is 4.14. The molecule has 1 aromatic carbocycles. The van der Waals surface area contributed by atoms with Gasteiger partial charge in [0.15, 0.2) is 0 Å². The molecular weight excluding hydrogens is 228 g/mol. The van der Waals surface area contributed by atoms with Gasteiger partial charge in [-0.3, -0.25) is 4.98 Å². The number of hydrogen-bond acceptors (Lipinski definition) is 2. The van der Waals surface area contributed by atoms with Crippen LogP contribution in [0.5, 0.6) is 0 Å². The minimum Gasteiger partial charge on any atom is -0.375 e. The van der Waals surface area contributed by atoms with Crippen LogP contribution in [-0.2, 0) is 6.42 Å². The number of benzene rings is 1. The molecule has 2 aromatic rings. The molecule has 86 valence electrons. The van der Waals surface area contributed by atoms with Crippen molar-refractivity contribution in [3.8, 4) is 0 Å². The van der Waals surface area contributed by atoms with Crippen molar-refractivity contribution in [2.24, 2.45) is 0 Å². The zero-order valence-electron chi connectivity index (χ0n) is 9.47. The van der Waals surface area contributed by atoms with E-state index in [0.717, 1.165) is 23.5 Å². The SMILES string of the molecule is S=C(NCCc1ccccc1)c1cccnc1. The number of aromatic nitrogens is 1. The van der Waals surface area contributed by atoms with Gasteiger partial charge in [0.1, 0.15) is 4.99 Å². The van der Waals surface area contributed by atoms with Crippen LogP contribution in [0, 0.1) is 0 Å². The summed E-state index contributed by atoms with van der Waals surface area (Å²) in [7, 11) is 0. The topological polar surface area (TPSA) is 24.9 Å². The highest BCUT2D eigenvalue weighted by Gasteiger charge is 1.99. The van der Waals surface area contributed by atoms with E-state index in [4.69, 9.17) is 12.2 Å². The highest BCUT2D eigenvalue weighted by atomic mass is 32.1. The van der Waals surface area contributed by atoms with Gasteiger partial charge in [-0.1, -0.05) is 42.5 Å². The minimum atomic E-state index is 0.758. The summed E-state index contributed by atoms with van der Waals surface area (Å²) in [6.45, 7) is 0.845. The van der Waals surface area contributed by atoms with E-state index in [1.807, 2.05) is 18.2 Å². The summed E-state index contributed by atoms with van der Waals surface area (Å²) >= 11 is 5.28. The number of hydrogen-bond donors (Lipinski definition) is 1. The molecule has 0 aliphatic rings. The lowest BCUT2D eigenvalue weighted by Crippen LogP contribution is -2.24. The van der Waals surface area contributed by atoms with Crippen molar-refractivity contribution in [1.29, 1.82) is 0 Å². The van der Waals surface area contributed by atoms with Crippen molar-refractivity contribution >= 4 is 17.2 Å². The van der Waals surface area contributed by atoms with E-state index < -0.39 is 0 Å². The highest BCUT2D eigenvalue weighted by molar-refractivity contribution is 7.80. The molecule has 17 heavy (non-hydrogen) atoms. The van der Waals surface area contributed by atoms with E-state index in [9.17, 15) is 0 Å². The fourth-order valence-corrected chi connectivity index (χ4v) is 1.79. The molecule has 0 amide bonds. The Kier molecular flexibility index (Phi) is 4.22. The average molecular weight is 242 g/mol. The summed E-state index contributed by atoms with van der Waals surface area (Å²) < 4.78 is 0. The van der Waals surface area contributed by atoms with Gasteiger partial charge < -0.3 is 5.32 Å². The molecule has 1 aromatic heterocycles. The van der Waals surface area contributed by atoms with Crippen LogP contribution < -0.4 is 5.32 Å². The third kappa shape index (κ3) is 3.64. The number of nitrogens with one attached hydrogen (secondary N) is 1. The van der Waals surface area contributed by atoms with Gasteiger partial charge in [-0.15, -0.1) is 0 Å². The molecule has 0 unspecified atom stereocenters. The van der Waals surface area contributed by atoms with Crippen molar-refractivity contribution in [1.82, 2.24) is 10.3 Å². The third-order valence-corrected chi connectivity index (χ3v) is 2.85. The van der Waals surface area contributed by atoms with Crippen LogP contribution in [0.3, 0.4) is 0 Å². The predicted octanol–water partition coefficient (Wildman–Crippen LogP) is 2.59. The average Bonchev–Trinajstić information content (AvgIpc) is 2.41.